The molecule has 0 fully saturated rings. The first-order valence-electron chi connectivity index (χ1n) is 32.3. The zero-order chi connectivity index (χ0) is 52.2. The number of rotatable bonds is 60. The fourth-order valence-electron chi connectivity index (χ4n) is 9.83. The fourth-order valence-corrected chi connectivity index (χ4v) is 9.83. The number of allylic oxidation sites excluding steroid dienone is 4. The second kappa shape index (κ2) is 61.4. The number of ether oxygens (including phenoxy) is 3. The molecule has 0 radical (unpaired) electrons. The maximum absolute atomic E-state index is 12.9. The van der Waals surface area contributed by atoms with Gasteiger partial charge in [0.05, 0.1) is 0 Å². The van der Waals surface area contributed by atoms with E-state index in [9.17, 15) is 14.4 Å². The molecule has 0 aliphatic heterocycles. The Morgan fingerprint density at radius 3 is 0.792 bits per heavy atom. The number of hydrogen-bond donors (Lipinski definition) is 0. The van der Waals surface area contributed by atoms with Crippen molar-refractivity contribution in [3.05, 3.63) is 24.3 Å². The van der Waals surface area contributed by atoms with Crippen LogP contribution in [0, 0.1) is 0 Å². The highest BCUT2D eigenvalue weighted by Crippen LogP contribution is 2.18. The van der Waals surface area contributed by atoms with Crippen LogP contribution in [0.3, 0.4) is 0 Å². The molecule has 0 saturated heterocycles. The number of hydrogen-bond acceptors (Lipinski definition) is 6. The second-order valence-corrected chi connectivity index (χ2v) is 22.0. The summed E-state index contributed by atoms with van der Waals surface area (Å²) >= 11 is 0. The molecule has 0 aromatic carbocycles. The normalized spacial score (nSPS) is 12.1. The Hall–Kier alpha value is -2.11. The second-order valence-electron chi connectivity index (χ2n) is 22.0. The van der Waals surface area contributed by atoms with E-state index in [0.717, 1.165) is 64.2 Å². The van der Waals surface area contributed by atoms with Crippen molar-refractivity contribution in [1.29, 1.82) is 0 Å². The summed E-state index contributed by atoms with van der Waals surface area (Å²) in [5.74, 6) is -0.847. The van der Waals surface area contributed by atoms with Gasteiger partial charge in [-0.05, 0) is 51.4 Å². The van der Waals surface area contributed by atoms with Crippen LogP contribution < -0.4 is 0 Å². The van der Waals surface area contributed by atoms with E-state index < -0.39 is 6.10 Å². The molecule has 1 atom stereocenters. The summed E-state index contributed by atoms with van der Waals surface area (Å²) in [7, 11) is 0. The molecule has 0 spiro atoms. The third kappa shape index (κ3) is 58.8. The van der Waals surface area contributed by atoms with Crippen molar-refractivity contribution in [2.75, 3.05) is 13.2 Å². The number of unbranched alkanes of at least 4 members (excludes halogenated alkanes) is 45. The Labute approximate surface area is 449 Å². The van der Waals surface area contributed by atoms with Crippen molar-refractivity contribution in [3.8, 4) is 0 Å². The van der Waals surface area contributed by atoms with E-state index in [-0.39, 0.29) is 31.1 Å². The third-order valence-corrected chi connectivity index (χ3v) is 14.7. The lowest BCUT2D eigenvalue weighted by Crippen LogP contribution is -2.30. The van der Waals surface area contributed by atoms with Crippen LogP contribution in [0.2, 0.25) is 0 Å². The predicted octanol–water partition coefficient (Wildman–Crippen LogP) is 21.8. The van der Waals surface area contributed by atoms with Crippen molar-refractivity contribution in [2.45, 2.75) is 367 Å². The van der Waals surface area contributed by atoms with Gasteiger partial charge in [-0.15, -0.1) is 0 Å². The Balaban J connectivity index is 4.17. The van der Waals surface area contributed by atoms with Gasteiger partial charge in [0, 0.05) is 19.3 Å². The maximum atomic E-state index is 12.9. The third-order valence-electron chi connectivity index (χ3n) is 14.7. The molecule has 6 heteroatoms. The molecule has 0 amide bonds. The Bertz CT molecular complexity index is 1160. The molecule has 0 aromatic heterocycles. The highest BCUT2D eigenvalue weighted by molar-refractivity contribution is 5.71. The van der Waals surface area contributed by atoms with Gasteiger partial charge in [0.25, 0.3) is 0 Å². The molecule has 0 aliphatic rings. The van der Waals surface area contributed by atoms with Gasteiger partial charge in [-0.1, -0.05) is 315 Å². The minimum atomic E-state index is -0.769. The lowest BCUT2D eigenvalue weighted by atomic mass is 10.0. The number of esters is 3. The summed E-state index contributed by atoms with van der Waals surface area (Å²) in [6, 6.07) is 0. The van der Waals surface area contributed by atoms with Crippen LogP contribution in [0.5, 0.6) is 0 Å². The largest absolute Gasteiger partial charge is 0.462 e. The Morgan fingerprint density at radius 2 is 0.500 bits per heavy atom. The molecule has 0 heterocycles. The molecule has 6 nitrogen and oxygen atoms in total. The van der Waals surface area contributed by atoms with E-state index in [1.807, 2.05) is 0 Å². The topological polar surface area (TPSA) is 78.9 Å². The first-order valence-corrected chi connectivity index (χ1v) is 32.3. The molecule has 72 heavy (non-hydrogen) atoms. The number of carbonyl (C=O) groups excluding carboxylic acids is 3. The monoisotopic (exact) mass is 1010 g/mol. The van der Waals surface area contributed by atoms with E-state index in [4.69, 9.17) is 14.2 Å². The summed E-state index contributed by atoms with van der Waals surface area (Å²) < 4.78 is 16.9. The summed E-state index contributed by atoms with van der Waals surface area (Å²) in [6.07, 6.45) is 73.4. The lowest BCUT2D eigenvalue weighted by molar-refractivity contribution is -0.167. The van der Waals surface area contributed by atoms with Gasteiger partial charge in [0.2, 0.25) is 0 Å². The van der Waals surface area contributed by atoms with Gasteiger partial charge >= 0.3 is 17.9 Å². The highest BCUT2D eigenvalue weighted by atomic mass is 16.6. The van der Waals surface area contributed by atoms with Crippen LogP contribution in [0.25, 0.3) is 0 Å². The van der Waals surface area contributed by atoms with E-state index in [2.05, 4.69) is 45.1 Å². The van der Waals surface area contributed by atoms with Gasteiger partial charge in [-0.3, -0.25) is 14.4 Å². The Morgan fingerprint density at radius 1 is 0.278 bits per heavy atom. The molecular formula is C66H124O6. The summed E-state index contributed by atoms with van der Waals surface area (Å²) in [5, 5.41) is 0. The molecule has 424 valence electrons. The molecule has 1 unspecified atom stereocenters. The van der Waals surface area contributed by atoms with Crippen molar-refractivity contribution >= 4 is 17.9 Å². The van der Waals surface area contributed by atoms with E-state index >= 15 is 0 Å². The minimum absolute atomic E-state index is 0.0671. The van der Waals surface area contributed by atoms with Gasteiger partial charge < -0.3 is 14.2 Å². The van der Waals surface area contributed by atoms with Crippen molar-refractivity contribution < 1.29 is 28.6 Å². The SMILES string of the molecule is CCCCC/C=C\C/C=C\CCCCCCCCCCCC(=O)OC(COC(=O)CCCCCCCCCCCC)COC(=O)CCCCCCCCCCCCCCCCCCCCCCCCCCC. The van der Waals surface area contributed by atoms with Crippen LogP contribution in [-0.2, 0) is 28.6 Å². The van der Waals surface area contributed by atoms with Crippen LogP contribution >= 0.6 is 0 Å². The van der Waals surface area contributed by atoms with Crippen molar-refractivity contribution in [1.82, 2.24) is 0 Å². The summed E-state index contributed by atoms with van der Waals surface area (Å²) in [6.45, 7) is 6.66. The van der Waals surface area contributed by atoms with Gasteiger partial charge in [0.1, 0.15) is 13.2 Å². The van der Waals surface area contributed by atoms with Crippen LogP contribution in [0.4, 0.5) is 0 Å². The van der Waals surface area contributed by atoms with Crippen molar-refractivity contribution in [3.63, 3.8) is 0 Å². The van der Waals surface area contributed by atoms with E-state index in [1.165, 1.54) is 257 Å². The van der Waals surface area contributed by atoms with Crippen LogP contribution in [0.1, 0.15) is 361 Å². The van der Waals surface area contributed by atoms with Crippen molar-refractivity contribution in [2.24, 2.45) is 0 Å². The van der Waals surface area contributed by atoms with Gasteiger partial charge in [-0.2, -0.15) is 0 Å². The van der Waals surface area contributed by atoms with E-state index in [1.54, 1.807) is 0 Å². The average molecular weight is 1010 g/mol. The maximum Gasteiger partial charge on any atom is 0.306 e. The highest BCUT2D eigenvalue weighted by Gasteiger charge is 2.19. The zero-order valence-corrected chi connectivity index (χ0v) is 48.7. The molecule has 0 aromatic rings. The first-order chi connectivity index (χ1) is 35.5. The lowest BCUT2D eigenvalue weighted by Gasteiger charge is -2.18. The summed E-state index contributed by atoms with van der Waals surface area (Å²) in [4.78, 5) is 38.2. The van der Waals surface area contributed by atoms with Gasteiger partial charge in [-0.25, -0.2) is 0 Å². The molecule has 0 N–H and O–H groups in total. The molecular weight excluding hydrogens is 889 g/mol. The summed E-state index contributed by atoms with van der Waals surface area (Å²) in [5.41, 5.74) is 0. The fraction of sp³-hybridized carbons (Fsp3) is 0.894. The predicted molar refractivity (Wildman–Crippen MR) is 312 cm³/mol. The smallest absolute Gasteiger partial charge is 0.306 e. The van der Waals surface area contributed by atoms with Crippen LogP contribution in [0.15, 0.2) is 24.3 Å². The average Bonchev–Trinajstić information content (AvgIpc) is 3.38. The number of carbonyl (C=O) groups is 3. The molecule has 0 aliphatic carbocycles. The van der Waals surface area contributed by atoms with E-state index in [0.29, 0.717) is 19.3 Å². The van der Waals surface area contributed by atoms with Gasteiger partial charge in [0.15, 0.2) is 6.10 Å². The quantitative estimate of drug-likeness (QED) is 0.0261. The first kappa shape index (κ1) is 69.9. The molecule has 0 bridgehead atoms. The molecule has 0 rings (SSSR count). The molecule has 0 saturated carbocycles. The Kier molecular flexibility index (Phi) is 59.6. The standard InChI is InChI=1S/C66H124O6/c1-4-7-10-13-16-19-22-24-26-28-30-31-32-33-34-35-37-38-40-42-44-47-50-53-56-59-65(68)71-62-63(61-70-64(67)58-55-52-49-46-21-18-15-12-9-6-3)72-66(69)60-57-54-51-48-45-43-41-39-36-29-27-25-23-20-17-14-11-8-5-2/h17,20,25,27,63H,4-16,18-19,21-24,26,28-62H2,1-3H3/b20-17-,27-25-. The van der Waals surface area contributed by atoms with Crippen LogP contribution in [-0.4, -0.2) is 37.2 Å². The zero-order valence-electron chi connectivity index (χ0n) is 48.7. The minimum Gasteiger partial charge on any atom is -0.462 e.